The highest BCUT2D eigenvalue weighted by Gasteiger charge is 2.09. The summed E-state index contributed by atoms with van der Waals surface area (Å²) in [5, 5.41) is 12.0. The van der Waals surface area contributed by atoms with Gasteiger partial charge in [0.2, 0.25) is 0 Å². The lowest BCUT2D eigenvalue weighted by Gasteiger charge is -2.01. The molecule has 2 nitrogen and oxygen atoms in total. The maximum atomic E-state index is 8.60. The molecule has 0 radical (unpaired) electrons. The Morgan fingerprint density at radius 1 is 1.50 bits per heavy atom. The predicted molar refractivity (Wildman–Crippen MR) is 60.6 cm³/mol. The Morgan fingerprint density at radius 3 is 3.00 bits per heavy atom. The van der Waals surface area contributed by atoms with Crippen LogP contribution in [0.25, 0.3) is 10.1 Å². The molecule has 0 amide bonds. The number of thiophene rings is 1. The first kappa shape index (κ1) is 9.32. The molecule has 0 atom stereocenters. The van der Waals surface area contributed by atoms with Gasteiger partial charge in [0.1, 0.15) is 0 Å². The summed E-state index contributed by atoms with van der Waals surface area (Å²) in [6, 6.07) is 5.91. The van der Waals surface area contributed by atoms with E-state index in [1.54, 1.807) is 11.3 Å². The smallest absolute Gasteiger partial charge is 0.0670 e. The first-order chi connectivity index (χ1) is 6.74. The largest absolute Gasteiger partial charge is 0.398 e. The second-order valence-electron chi connectivity index (χ2n) is 2.94. The van der Waals surface area contributed by atoms with E-state index in [0.717, 1.165) is 15.6 Å². The van der Waals surface area contributed by atoms with E-state index in [1.807, 2.05) is 17.5 Å². The maximum Gasteiger partial charge on any atom is 0.0670 e. The van der Waals surface area contributed by atoms with Gasteiger partial charge in [-0.3, -0.25) is 0 Å². The van der Waals surface area contributed by atoms with Crippen molar-refractivity contribution in [3.05, 3.63) is 28.1 Å². The Balaban J connectivity index is 2.74. The lowest BCUT2D eigenvalue weighted by molar-refractivity contribution is 1.27. The van der Waals surface area contributed by atoms with Crippen LogP contribution in [0.4, 0.5) is 5.69 Å². The summed E-state index contributed by atoms with van der Waals surface area (Å²) in [7, 11) is 0. The number of rotatable bonds is 1. The number of halogens is 1. The second-order valence-corrected chi connectivity index (χ2v) is 4.23. The van der Waals surface area contributed by atoms with E-state index in [4.69, 9.17) is 22.6 Å². The molecule has 2 rings (SSSR count). The van der Waals surface area contributed by atoms with Crippen molar-refractivity contribution in [2.24, 2.45) is 0 Å². The highest BCUT2D eigenvalue weighted by molar-refractivity contribution is 7.18. The monoisotopic (exact) mass is 222 g/mol. The third kappa shape index (κ3) is 1.33. The quantitative estimate of drug-likeness (QED) is 0.806. The van der Waals surface area contributed by atoms with Crippen molar-refractivity contribution in [2.75, 3.05) is 5.73 Å². The molecule has 0 aliphatic rings. The van der Waals surface area contributed by atoms with E-state index in [9.17, 15) is 0 Å². The number of nitrogen functional groups attached to an aromatic ring is 1. The molecular weight excluding hydrogens is 216 g/mol. The highest BCUT2D eigenvalue weighted by atomic mass is 35.5. The van der Waals surface area contributed by atoms with Crippen LogP contribution in [0.5, 0.6) is 0 Å². The average Bonchev–Trinajstić information content (AvgIpc) is 2.54. The molecule has 70 valence electrons. The van der Waals surface area contributed by atoms with Crippen LogP contribution >= 0.6 is 22.9 Å². The van der Waals surface area contributed by atoms with Gasteiger partial charge in [-0.05, 0) is 11.6 Å². The van der Waals surface area contributed by atoms with Crippen molar-refractivity contribution in [3.63, 3.8) is 0 Å². The molecule has 0 aliphatic carbocycles. The summed E-state index contributed by atoms with van der Waals surface area (Å²) in [5.41, 5.74) is 7.31. The molecule has 0 bridgehead atoms. The summed E-state index contributed by atoms with van der Waals surface area (Å²) in [6.07, 6.45) is 0.323. The normalized spacial score (nSPS) is 10.3. The van der Waals surface area contributed by atoms with Crippen LogP contribution in [0.3, 0.4) is 0 Å². The average molecular weight is 223 g/mol. The van der Waals surface area contributed by atoms with Crippen molar-refractivity contribution in [1.29, 1.82) is 5.26 Å². The fourth-order valence-electron chi connectivity index (χ4n) is 1.38. The molecule has 14 heavy (non-hydrogen) atoms. The minimum Gasteiger partial charge on any atom is -0.398 e. The Labute approximate surface area is 90.5 Å². The Bertz CT molecular complexity index is 525. The van der Waals surface area contributed by atoms with Gasteiger partial charge in [-0.2, -0.15) is 5.26 Å². The van der Waals surface area contributed by atoms with Gasteiger partial charge in [-0.15, -0.1) is 11.3 Å². The van der Waals surface area contributed by atoms with Gasteiger partial charge in [0.05, 0.1) is 23.2 Å². The molecule has 0 saturated heterocycles. The fourth-order valence-corrected chi connectivity index (χ4v) is 2.63. The zero-order chi connectivity index (χ0) is 10.1. The van der Waals surface area contributed by atoms with Gasteiger partial charge in [0, 0.05) is 15.5 Å². The topological polar surface area (TPSA) is 49.8 Å². The molecule has 2 aromatic rings. The first-order valence-electron chi connectivity index (χ1n) is 4.05. The molecular formula is C10H7ClN2S. The van der Waals surface area contributed by atoms with E-state index in [1.165, 1.54) is 0 Å². The molecule has 0 fully saturated rings. The fraction of sp³-hybridized carbons (Fsp3) is 0.100. The summed E-state index contributed by atoms with van der Waals surface area (Å²) in [4.78, 5) is 0. The van der Waals surface area contributed by atoms with Gasteiger partial charge >= 0.3 is 0 Å². The molecule has 0 unspecified atom stereocenters. The molecule has 1 aromatic heterocycles. The first-order valence-corrected chi connectivity index (χ1v) is 5.31. The Morgan fingerprint density at radius 2 is 2.29 bits per heavy atom. The van der Waals surface area contributed by atoms with E-state index >= 15 is 0 Å². The van der Waals surface area contributed by atoms with E-state index in [-0.39, 0.29) is 0 Å². The number of nitrogens with zero attached hydrogens (tertiary/aromatic N) is 1. The van der Waals surface area contributed by atoms with Gasteiger partial charge in [0.15, 0.2) is 0 Å². The van der Waals surface area contributed by atoms with E-state index in [2.05, 4.69) is 6.07 Å². The molecule has 4 heteroatoms. The number of hydrogen-bond acceptors (Lipinski definition) is 3. The molecule has 0 aliphatic heterocycles. The van der Waals surface area contributed by atoms with Crippen LogP contribution in [0.2, 0.25) is 5.02 Å². The highest BCUT2D eigenvalue weighted by Crippen LogP contribution is 2.36. The van der Waals surface area contributed by atoms with Gasteiger partial charge in [-0.25, -0.2) is 0 Å². The number of anilines is 1. The maximum absolute atomic E-state index is 8.60. The number of nitriles is 1. The molecule has 2 N–H and O–H groups in total. The molecule has 0 spiro atoms. The van der Waals surface area contributed by atoms with Crippen molar-refractivity contribution in [1.82, 2.24) is 0 Å². The minimum atomic E-state index is 0.323. The number of benzene rings is 1. The molecule has 1 aromatic carbocycles. The predicted octanol–water partition coefficient (Wildman–Crippen LogP) is 3.20. The number of nitrogens with two attached hydrogens (primary N) is 1. The summed E-state index contributed by atoms with van der Waals surface area (Å²) >= 11 is 7.71. The third-order valence-electron chi connectivity index (χ3n) is 2.05. The van der Waals surface area contributed by atoms with Crippen LogP contribution in [-0.2, 0) is 6.42 Å². The minimum absolute atomic E-state index is 0.323. The van der Waals surface area contributed by atoms with Gasteiger partial charge in [0.25, 0.3) is 0 Å². The number of fused-ring (bicyclic) bond motifs is 1. The lowest BCUT2D eigenvalue weighted by Crippen LogP contribution is -1.86. The SMILES string of the molecule is N#CCc1ccc2scc(N)c2c1Cl. The molecule has 1 heterocycles. The zero-order valence-electron chi connectivity index (χ0n) is 7.25. The zero-order valence-corrected chi connectivity index (χ0v) is 8.82. The van der Waals surface area contributed by atoms with Crippen LogP contribution in [0, 0.1) is 11.3 Å². The van der Waals surface area contributed by atoms with Crippen LogP contribution < -0.4 is 5.73 Å². The van der Waals surface area contributed by atoms with Crippen molar-refractivity contribution < 1.29 is 0 Å². The second kappa shape index (κ2) is 3.49. The summed E-state index contributed by atoms with van der Waals surface area (Å²) in [6.45, 7) is 0. The van der Waals surface area contributed by atoms with Crippen molar-refractivity contribution in [3.8, 4) is 6.07 Å². The van der Waals surface area contributed by atoms with Crippen LogP contribution in [0.1, 0.15) is 5.56 Å². The van der Waals surface area contributed by atoms with Crippen molar-refractivity contribution in [2.45, 2.75) is 6.42 Å². The summed E-state index contributed by atoms with van der Waals surface area (Å²) < 4.78 is 1.06. The van der Waals surface area contributed by atoms with E-state index < -0.39 is 0 Å². The summed E-state index contributed by atoms with van der Waals surface area (Å²) in [5.74, 6) is 0. The van der Waals surface area contributed by atoms with Gasteiger partial charge < -0.3 is 5.73 Å². The lowest BCUT2D eigenvalue weighted by atomic mass is 10.1. The van der Waals surface area contributed by atoms with Crippen LogP contribution in [0.15, 0.2) is 17.5 Å². The Hall–Kier alpha value is -1.24. The van der Waals surface area contributed by atoms with E-state index in [0.29, 0.717) is 17.1 Å². The Kier molecular flexibility index (Phi) is 2.32. The van der Waals surface area contributed by atoms with Crippen LogP contribution in [-0.4, -0.2) is 0 Å². The van der Waals surface area contributed by atoms with Crippen molar-refractivity contribution >= 4 is 38.7 Å². The van der Waals surface area contributed by atoms with Gasteiger partial charge in [-0.1, -0.05) is 17.7 Å². The number of hydrogen-bond donors (Lipinski definition) is 1. The molecule has 0 saturated carbocycles. The standard InChI is InChI=1S/C10H7ClN2S/c11-10-6(3-4-12)1-2-8-9(10)7(13)5-14-8/h1-2,5H,3,13H2. The third-order valence-corrected chi connectivity index (χ3v) is 3.45.